The van der Waals surface area contributed by atoms with E-state index in [1.165, 1.54) is 0 Å². The van der Waals surface area contributed by atoms with Crippen LogP contribution in [0.5, 0.6) is 0 Å². The molecular formula is C12H11N3O3. The molecule has 0 spiro atoms. The molecule has 1 aliphatic heterocycles. The van der Waals surface area contributed by atoms with Gasteiger partial charge in [-0.05, 0) is 17.7 Å². The number of aromatic nitrogens is 1. The molecule has 3 N–H and O–H groups in total. The molecule has 3 rings (SSSR count). The third kappa shape index (κ3) is 1.45. The lowest BCUT2D eigenvalue weighted by Crippen LogP contribution is -2.49. The Morgan fingerprint density at radius 1 is 1.50 bits per heavy atom. The van der Waals surface area contributed by atoms with Crippen molar-refractivity contribution in [3.63, 3.8) is 0 Å². The van der Waals surface area contributed by atoms with Crippen molar-refractivity contribution in [1.82, 2.24) is 4.98 Å². The zero-order chi connectivity index (χ0) is 12.8. The van der Waals surface area contributed by atoms with Crippen molar-refractivity contribution in [1.29, 1.82) is 5.26 Å². The number of H-pyrrole nitrogens is 1. The smallest absolute Gasteiger partial charge is 0.408 e. The molecule has 0 amide bonds. The van der Waals surface area contributed by atoms with Gasteiger partial charge in [0, 0.05) is 0 Å². The largest absolute Gasteiger partial charge is 0.417 e. The Balaban J connectivity index is 2.04. The van der Waals surface area contributed by atoms with E-state index in [2.05, 4.69) is 11.1 Å². The van der Waals surface area contributed by atoms with Gasteiger partial charge in [0.15, 0.2) is 5.58 Å². The van der Waals surface area contributed by atoms with Gasteiger partial charge in [0.05, 0.1) is 30.8 Å². The Morgan fingerprint density at radius 3 is 2.89 bits per heavy atom. The monoisotopic (exact) mass is 245 g/mol. The number of aromatic amines is 1. The molecule has 6 nitrogen and oxygen atoms in total. The second kappa shape index (κ2) is 3.70. The fourth-order valence-electron chi connectivity index (χ4n) is 2.11. The second-order valence-corrected chi connectivity index (χ2v) is 4.51. The number of oxazole rings is 1. The van der Waals surface area contributed by atoms with Crippen molar-refractivity contribution in [3.05, 3.63) is 34.3 Å². The molecule has 0 saturated carbocycles. The van der Waals surface area contributed by atoms with Gasteiger partial charge in [-0.2, -0.15) is 5.26 Å². The minimum absolute atomic E-state index is 0.333. The van der Waals surface area contributed by atoms with Crippen molar-refractivity contribution in [3.8, 4) is 6.07 Å². The number of nitrogens with one attached hydrogen (secondary N) is 1. The van der Waals surface area contributed by atoms with Crippen LogP contribution in [0.2, 0.25) is 0 Å². The van der Waals surface area contributed by atoms with E-state index in [4.69, 9.17) is 14.9 Å². The number of nitrogens with zero attached hydrogens (tertiary/aromatic N) is 1. The molecule has 1 fully saturated rings. The maximum atomic E-state index is 11.1. The Kier molecular flexibility index (Phi) is 2.26. The zero-order valence-electron chi connectivity index (χ0n) is 9.47. The van der Waals surface area contributed by atoms with Crippen molar-refractivity contribution >= 4 is 11.1 Å². The number of benzene rings is 1. The van der Waals surface area contributed by atoms with Crippen molar-refractivity contribution in [2.45, 2.75) is 6.04 Å². The maximum absolute atomic E-state index is 11.1. The summed E-state index contributed by atoms with van der Waals surface area (Å²) in [7, 11) is 0. The molecule has 0 aliphatic carbocycles. The standard InChI is InChI=1S/C12H11N3O3/c13-4-12(5-17-6-12)10(14)7-1-2-8-9(3-7)18-11(16)15-8/h1-3,10H,5-6,14H2,(H,15,16). The summed E-state index contributed by atoms with van der Waals surface area (Å²) in [5.41, 5.74) is 7.26. The molecule has 2 aromatic rings. The van der Waals surface area contributed by atoms with E-state index in [1.807, 2.05) is 0 Å². The quantitative estimate of drug-likeness (QED) is 0.808. The number of fused-ring (bicyclic) bond motifs is 1. The van der Waals surface area contributed by atoms with Crippen LogP contribution in [-0.4, -0.2) is 18.2 Å². The van der Waals surface area contributed by atoms with E-state index in [-0.39, 0.29) is 0 Å². The number of ether oxygens (including phenoxy) is 1. The molecule has 0 radical (unpaired) electrons. The average Bonchev–Trinajstić information content (AvgIpc) is 2.67. The normalized spacial score (nSPS) is 19.1. The first-order valence-corrected chi connectivity index (χ1v) is 5.52. The lowest BCUT2D eigenvalue weighted by atomic mass is 9.77. The molecule has 92 valence electrons. The summed E-state index contributed by atoms with van der Waals surface area (Å²) >= 11 is 0. The fraction of sp³-hybridized carbons (Fsp3) is 0.333. The van der Waals surface area contributed by atoms with Crippen LogP contribution in [0.25, 0.3) is 11.1 Å². The topological polar surface area (TPSA) is 105 Å². The van der Waals surface area contributed by atoms with Crippen LogP contribution in [-0.2, 0) is 4.74 Å². The highest BCUT2D eigenvalue weighted by Crippen LogP contribution is 2.38. The SMILES string of the molecule is N#CC1(C(N)c2ccc3[nH]c(=O)oc3c2)COC1. The molecule has 1 aromatic carbocycles. The molecule has 1 aromatic heterocycles. The Morgan fingerprint density at radius 2 is 2.28 bits per heavy atom. The lowest BCUT2D eigenvalue weighted by molar-refractivity contribution is -0.0910. The summed E-state index contributed by atoms with van der Waals surface area (Å²) in [5, 5.41) is 9.20. The molecule has 1 unspecified atom stereocenters. The van der Waals surface area contributed by atoms with Crippen LogP contribution in [0.15, 0.2) is 27.4 Å². The van der Waals surface area contributed by atoms with E-state index in [1.54, 1.807) is 18.2 Å². The summed E-state index contributed by atoms with van der Waals surface area (Å²) in [5.74, 6) is -0.502. The van der Waals surface area contributed by atoms with Gasteiger partial charge in [0.2, 0.25) is 0 Å². The summed E-state index contributed by atoms with van der Waals surface area (Å²) in [6.45, 7) is 0.666. The Labute approximate surface area is 102 Å². The minimum Gasteiger partial charge on any atom is -0.408 e. The highest BCUT2D eigenvalue weighted by molar-refractivity contribution is 5.73. The minimum atomic E-state index is -0.676. The van der Waals surface area contributed by atoms with Crippen molar-refractivity contribution in [2.24, 2.45) is 11.1 Å². The predicted octanol–water partition coefficient (Wildman–Crippen LogP) is 0.661. The first kappa shape index (κ1) is 11.0. The molecular weight excluding hydrogens is 234 g/mol. The van der Waals surface area contributed by atoms with Crippen molar-refractivity contribution in [2.75, 3.05) is 13.2 Å². The lowest BCUT2D eigenvalue weighted by Gasteiger charge is -2.39. The van der Waals surface area contributed by atoms with E-state index >= 15 is 0 Å². The molecule has 1 aliphatic rings. The first-order chi connectivity index (χ1) is 8.64. The van der Waals surface area contributed by atoms with E-state index in [0.29, 0.717) is 24.3 Å². The average molecular weight is 245 g/mol. The molecule has 18 heavy (non-hydrogen) atoms. The van der Waals surface area contributed by atoms with Gasteiger partial charge in [-0.1, -0.05) is 6.07 Å². The molecule has 1 atom stereocenters. The summed E-state index contributed by atoms with van der Waals surface area (Å²) in [4.78, 5) is 13.6. The Hall–Kier alpha value is -2.10. The first-order valence-electron chi connectivity index (χ1n) is 5.52. The third-order valence-electron chi connectivity index (χ3n) is 3.34. The summed E-state index contributed by atoms with van der Waals surface area (Å²) < 4.78 is 10.1. The van der Waals surface area contributed by atoms with Crippen LogP contribution >= 0.6 is 0 Å². The highest BCUT2D eigenvalue weighted by Gasteiger charge is 2.45. The van der Waals surface area contributed by atoms with Crippen molar-refractivity contribution < 1.29 is 9.15 Å². The molecule has 2 heterocycles. The Bertz CT molecular complexity index is 690. The fourth-order valence-corrected chi connectivity index (χ4v) is 2.11. The van der Waals surface area contributed by atoms with Gasteiger partial charge in [-0.25, -0.2) is 4.79 Å². The van der Waals surface area contributed by atoms with Crippen LogP contribution in [0, 0.1) is 16.7 Å². The molecule has 1 saturated heterocycles. The van der Waals surface area contributed by atoms with Gasteiger partial charge in [0.1, 0.15) is 5.41 Å². The molecule has 6 heteroatoms. The van der Waals surface area contributed by atoms with Crippen LogP contribution in [0.1, 0.15) is 11.6 Å². The summed E-state index contributed by atoms with van der Waals surface area (Å²) in [6.07, 6.45) is 0. The molecule has 0 bridgehead atoms. The number of nitriles is 1. The van der Waals surface area contributed by atoms with Gasteiger partial charge in [0.25, 0.3) is 0 Å². The zero-order valence-corrected chi connectivity index (χ0v) is 9.47. The number of hydrogen-bond acceptors (Lipinski definition) is 5. The summed E-state index contributed by atoms with van der Waals surface area (Å²) in [6, 6.07) is 6.96. The maximum Gasteiger partial charge on any atom is 0.417 e. The van der Waals surface area contributed by atoms with E-state index in [9.17, 15) is 10.1 Å². The van der Waals surface area contributed by atoms with Crippen LogP contribution in [0.3, 0.4) is 0 Å². The second-order valence-electron chi connectivity index (χ2n) is 4.51. The van der Waals surface area contributed by atoms with Gasteiger partial charge in [-0.15, -0.1) is 0 Å². The number of nitrogens with two attached hydrogens (primary N) is 1. The van der Waals surface area contributed by atoms with Gasteiger partial charge >= 0.3 is 5.76 Å². The highest BCUT2D eigenvalue weighted by atomic mass is 16.5. The van der Waals surface area contributed by atoms with E-state index in [0.717, 1.165) is 5.56 Å². The van der Waals surface area contributed by atoms with E-state index < -0.39 is 17.2 Å². The number of rotatable bonds is 2. The van der Waals surface area contributed by atoms with Crippen LogP contribution in [0.4, 0.5) is 0 Å². The van der Waals surface area contributed by atoms with Gasteiger partial charge < -0.3 is 14.9 Å². The third-order valence-corrected chi connectivity index (χ3v) is 3.34. The number of hydrogen-bond donors (Lipinski definition) is 2. The predicted molar refractivity (Wildman–Crippen MR) is 62.6 cm³/mol. The van der Waals surface area contributed by atoms with Crippen LogP contribution < -0.4 is 11.5 Å². The van der Waals surface area contributed by atoms with Gasteiger partial charge in [-0.3, -0.25) is 4.98 Å².